The molecule has 0 radical (unpaired) electrons. The van der Waals surface area contributed by atoms with E-state index < -0.39 is 11.8 Å². The topological polar surface area (TPSA) is 62.6 Å². The molecule has 0 amide bonds. The summed E-state index contributed by atoms with van der Waals surface area (Å²) in [6, 6.07) is 1.58. The minimum Gasteiger partial charge on any atom is -0.465 e. The Kier molecular flexibility index (Phi) is 4.62. The van der Waals surface area contributed by atoms with Gasteiger partial charge in [0.25, 0.3) is 5.79 Å². The van der Waals surface area contributed by atoms with Gasteiger partial charge in [-0.2, -0.15) is 5.10 Å². The number of halogens is 1. The molecule has 7 heteroatoms. The summed E-state index contributed by atoms with van der Waals surface area (Å²) in [6.07, 6.45) is 8.84. The Balaban J connectivity index is 1.58. The molecule has 1 aromatic heterocycles. The number of ether oxygens (including phenoxy) is 3. The molecule has 0 bridgehead atoms. The van der Waals surface area contributed by atoms with Crippen LogP contribution < -0.4 is 9.47 Å². The number of methoxy groups -OCH3 is 1. The van der Waals surface area contributed by atoms with Gasteiger partial charge >= 0.3 is 5.97 Å². The van der Waals surface area contributed by atoms with Gasteiger partial charge in [-0.25, -0.2) is 4.79 Å². The van der Waals surface area contributed by atoms with Crippen LogP contribution in [0.15, 0.2) is 24.5 Å². The quantitative estimate of drug-likeness (QED) is 0.705. The van der Waals surface area contributed by atoms with Crippen LogP contribution in [-0.2, 0) is 11.8 Å². The van der Waals surface area contributed by atoms with Crippen molar-refractivity contribution < 1.29 is 19.0 Å². The molecule has 0 saturated carbocycles. The summed E-state index contributed by atoms with van der Waals surface area (Å²) in [6.45, 7) is 3.76. The van der Waals surface area contributed by atoms with E-state index in [9.17, 15) is 4.79 Å². The third-order valence-corrected chi connectivity index (χ3v) is 5.96. The molecule has 28 heavy (non-hydrogen) atoms. The fourth-order valence-corrected chi connectivity index (χ4v) is 4.23. The van der Waals surface area contributed by atoms with Gasteiger partial charge in [0, 0.05) is 37.2 Å². The van der Waals surface area contributed by atoms with Crippen LogP contribution in [0.5, 0.6) is 11.5 Å². The van der Waals surface area contributed by atoms with Crippen LogP contribution in [0.4, 0.5) is 0 Å². The number of hydrogen-bond acceptors (Lipinski definition) is 5. The van der Waals surface area contributed by atoms with E-state index in [0.29, 0.717) is 27.6 Å². The normalized spacial score (nSPS) is 23.5. The lowest BCUT2D eigenvalue weighted by atomic mass is 9.83. The van der Waals surface area contributed by atoms with E-state index in [1.807, 2.05) is 38.0 Å². The molecule has 2 heterocycles. The SMILES string of the molecule is COC(=O)c1cc(Cl)c2c(c1C)OC(C)(C1CC=C(c3cnn(C)c3)CC1)O2. The highest BCUT2D eigenvalue weighted by Gasteiger charge is 2.46. The molecule has 1 aliphatic heterocycles. The van der Waals surface area contributed by atoms with Gasteiger partial charge in [-0.15, -0.1) is 0 Å². The number of aryl methyl sites for hydroxylation is 1. The Hall–Kier alpha value is -2.47. The smallest absolute Gasteiger partial charge is 0.338 e. The molecule has 6 nitrogen and oxygen atoms in total. The standard InChI is InChI=1S/C21H23ClN2O4/c1-12-16(20(25)26-4)9-17(22)19-18(12)27-21(2,28-19)15-7-5-13(6-8-15)14-10-23-24(3)11-14/h5,9-11,15H,6-8H2,1-4H3. The maximum absolute atomic E-state index is 12.0. The number of aromatic nitrogens is 2. The first-order chi connectivity index (χ1) is 13.3. The van der Waals surface area contributed by atoms with Crippen molar-refractivity contribution in [2.45, 2.75) is 38.9 Å². The lowest BCUT2D eigenvalue weighted by Crippen LogP contribution is -2.43. The molecule has 4 rings (SSSR count). The largest absolute Gasteiger partial charge is 0.465 e. The minimum absolute atomic E-state index is 0.164. The fourth-order valence-electron chi connectivity index (χ4n) is 3.99. The number of benzene rings is 1. The van der Waals surface area contributed by atoms with Gasteiger partial charge in [0.1, 0.15) is 0 Å². The monoisotopic (exact) mass is 402 g/mol. The Morgan fingerprint density at radius 2 is 2.14 bits per heavy atom. The van der Waals surface area contributed by atoms with Crippen LogP contribution in [0.3, 0.4) is 0 Å². The van der Waals surface area contributed by atoms with E-state index in [0.717, 1.165) is 24.8 Å². The van der Waals surface area contributed by atoms with Gasteiger partial charge < -0.3 is 14.2 Å². The van der Waals surface area contributed by atoms with E-state index in [1.165, 1.54) is 12.7 Å². The molecule has 2 unspecified atom stereocenters. The Morgan fingerprint density at radius 1 is 1.39 bits per heavy atom. The van der Waals surface area contributed by atoms with Gasteiger partial charge in [-0.3, -0.25) is 4.68 Å². The molecule has 0 N–H and O–H groups in total. The number of hydrogen-bond donors (Lipinski definition) is 0. The maximum Gasteiger partial charge on any atom is 0.338 e. The first-order valence-corrected chi connectivity index (χ1v) is 9.67. The number of carbonyl (C=O) groups excluding carboxylic acids is 1. The molecule has 1 aromatic carbocycles. The van der Waals surface area contributed by atoms with Crippen molar-refractivity contribution in [3.63, 3.8) is 0 Å². The third kappa shape index (κ3) is 3.05. The van der Waals surface area contributed by atoms with Gasteiger partial charge in [0.15, 0.2) is 11.5 Å². The summed E-state index contributed by atoms with van der Waals surface area (Å²) >= 11 is 6.39. The van der Waals surface area contributed by atoms with Crippen molar-refractivity contribution in [3.8, 4) is 11.5 Å². The molecule has 1 aliphatic carbocycles. The zero-order chi connectivity index (χ0) is 20.1. The zero-order valence-electron chi connectivity index (χ0n) is 16.4. The lowest BCUT2D eigenvalue weighted by molar-refractivity contribution is -0.112. The van der Waals surface area contributed by atoms with Gasteiger partial charge in [0.05, 0.1) is 23.9 Å². The first kappa shape index (κ1) is 18.9. The predicted octanol–water partition coefficient (Wildman–Crippen LogP) is 4.54. The second kappa shape index (κ2) is 6.85. The number of rotatable bonds is 3. The van der Waals surface area contributed by atoms with Crippen LogP contribution >= 0.6 is 11.6 Å². The number of nitrogens with zero attached hydrogens (tertiary/aromatic N) is 2. The fraction of sp³-hybridized carbons (Fsp3) is 0.429. The molecule has 2 aliphatic rings. The lowest BCUT2D eigenvalue weighted by Gasteiger charge is -2.34. The van der Waals surface area contributed by atoms with Gasteiger partial charge in [0.2, 0.25) is 0 Å². The molecule has 148 valence electrons. The Labute approximate surface area is 169 Å². The molecule has 0 fully saturated rings. The van der Waals surface area contributed by atoms with Gasteiger partial charge in [-0.1, -0.05) is 17.7 Å². The third-order valence-electron chi connectivity index (χ3n) is 5.68. The van der Waals surface area contributed by atoms with Crippen molar-refractivity contribution in [2.75, 3.05) is 7.11 Å². The average molecular weight is 403 g/mol. The minimum atomic E-state index is -0.831. The summed E-state index contributed by atoms with van der Waals surface area (Å²) < 4.78 is 19.1. The van der Waals surface area contributed by atoms with Crippen molar-refractivity contribution in [1.82, 2.24) is 9.78 Å². The van der Waals surface area contributed by atoms with Crippen LogP contribution in [0, 0.1) is 12.8 Å². The molecule has 0 spiro atoms. The Morgan fingerprint density at radius 3 is 2.75 bits per heavy atom. The highest BCUT2D eigenvalue weighted by Crippen LogP contribution is 2.51. The number of fused-ring (bicyclic) bond motifs is 1. The average Bonchev–Trinajstić information content (AvgIpc) is 3.29. The molecule has 0 saturated heterocycles. The predicted molar refractivity (Wildman–Crippen MR) is 106 cm³/mol. The maximum atomic E-state index is 12.0. The number of carbonyl (C=O) groups is 1. The highest BCUT2D eigenvalue weighted by molar-refractivity contribution is 6.32. The Bertz CT molecular complexity index is 981. The van der Waals surface area contributed by atoms with E-state index in [2.05, 4.69) is 11.2 Å². The van der Waals surface area contributed by atoms with Crippen LogP contribution in [0.2, 0.25) is 5.02 Å². The van der Waals surface area contributed by atoms with E-state index in [-0.39, 0.29) is 5.92 Å². The molecular formula is C21H23ClN2O4. The van der Waals surface area contributed by atoms with Crippen molar-refractivity contribution in [3.05, 3.63) is 46.2 Å². The summed E-state index contributed by atoms with van der Waals surface area (Å²) in [4.78, 5) is 12.0. The zero-order valence-corrected chi connectivity index (χ0v) is 17.2. The van der Waals surface area contributed by atoms with E-state index in [4.69, 9.17) is 25.8 Å². The van der Waals surface area contributed by atoms with E-state index in [1.54, 1.807) is 6.07 Å². The van der Waals surface area contributed by atoms with E-state index >= 15 is 0 Å². The first-order valence-electron chi connectivity index (χ1n) is 9.30. The van der Waals surface area contributed by atoms with Crippen molar-refractivity contribution in [2.24, 2.45) is 13.0 Å². The van der Waals surface area contributed by atoms with Crippen LogP contribution in [0.1, 0.15) is 47.7 Å². The summed E-state index contributed by atoms with van der Waals surface area (Å²) in [5, 5.41) is 4.61. The molecular weight excluding hydrogens is 380 g/mol. The van der Waals surface area contributed by atoms with Crippen LogP contribution in [-0.4, -0.2) is 28.6 Å². The van der Waals surface area contributed by atoms with Crippen molar-refractivity contribution in [1.29, 1.82) is 0 Å². The summed E-state index contributed by atoms with van der Waals surface area (Å²) in [5.41, 5.74) is 3.52. The highest BCUT2D eigenvalue weighted by atomic mass is 35.5. The number of esters is 1. The summed E-state index contributed by atoms with van der Waals surface area (Å²) in [5.74, 6) is -0.0881. The summed E-state index contributed by atoms with van der Waals surface area (Å²) in [7, 11) is 3.27. The second-order valence-electron chi connectivity index (χ2n) is 7.50. The van der Waals surface area contributed by atoms with Crippen LogP contribution in [0.25, 0.3) is 5.57 Å². The second-order valence-corrected chi connectivity index (χ2v) is 7.91. The number of allylic oxidation sites excluding steroid dienone is 2. The van der Waals surface area contributed by atoms with Crippen molar-refractivity contribution >= 4 is 23.1 Å². The molecule has 2 aromatic rings. The van der Waals surface area contributed by atoms with Gasteiger partial charge in [-0.05, 0) is 37.8 Å². The molecule has 2 atom stereocenters.